The van der Waals surface area contributed by atoms with Gasteiger partial charge < -0.3 is 19.6 Å². The van der Waals surface area contributed by atoms with Crippen LogP contribution in [0.4, 0.5) is 0 Å². The second kappa shape index (κ2) is 5.92. The number of ether oxygens (including phenoxy) is 1. The van der Waals surface area contributed by atoms with E-state index in [1.165, 1.54) is 19.3 Å². The van der Waals surface area contributed by atoms with Gasteiger partial charge in [0.1, 0.15) is 0 Å². The van der Waals surface area contributed by atoms with E-state index < -0.39 is 12.1 Å². The topological polar surface area (TPSA) is 88.8 Å². The van der Waals surface area contributed by atoms with Crippen LogP contribution in [0.1, 0.15) is 17.5 Å². The highest BCUT2D eigenvalue weighted by atomic mass is 16.5. The van der Waals surface area contributed by atoms with Crippen LogP contribution in [-0.2, 0) is 9.53 Å². The molecule has 6 nitrogen and oxygen atoms in total. The Kier molecular flexibility index (Phi) is 4.53. The van der Waals surface area contributed by atoms with E-state index in [9.17, 15) is 9.59 Å². The standard InChI is InChI=1S/C10H13NO5/c1-7(10(13)14)15-6-4-11-9(12)8-3-2-5-16-8/h2-3,5,7H,4,6H2,1H3,(H,11,12)(H,13,14). The first-order valence-electron chi connectivity index (χ1n) is 4.77. The zero-order valence-electron chi connectivity index (χ0n) is 8.80. The van der Waals surface area contributed by atoms with Crippen molar-refractivity contribution >= 4 is 11.9 Å². The molecule has 0 aliphatic carbocycles. The van der Waals surface area contributed by atoms with Gasteiger partial charge in [-0.3, -0.25) is 4.79 Å². The van der Waals surface area contributed by atoms with Crippen LogP contribution in [0.5, 0.6) is 0 Å². The average molecular weight is 227 g/mol. The van der Waals surface area contributed by atoms with Gasteiger partial charge in [-0.15, -0.1) is 0 Å². The van der Waals surface area contributed by atoms with Gasteiger partial charge in [0.25, 0.3) is 5.91 Å². The summed E-state index contributed by atoms with van der Waals surface area (Å²) in [6.07, 6.45) is 0.526. The minimum atomic E-state index is -1.03. The number of amides is 1. The van der Waals surface area contributed by atoms with E-state index in [1.807, 2.05) is 0 Å². The predicted molar refractivity (Wildman–Crippen MR) is 54.1 cm³/mol. The van der Waals surface area contributed by atoms with Crippen LogP contribution >= 0.6 is 0 Å². The molecule has 6 heteroatoms. The molecule has 1 rings (SSSR count). The summed E-state index contributed by atoms with van der Waals surface area (Å²) in [6, 6.07) is 3.15. The molecule has 0 spiro atoms. The molecule has 1 atom stereocenters. The molecule has 1 amide bonds. The van der Waals surface area contributed by atoms with Gasteiger partial charge in [-0.25, -0.2) is 4.79 Å². The number of hydrogen-bond donors (Lipinski definition) is 2. The monoisotopic (exact) mass is 227 g/mol. The third-order valence-electron chi connectivity index (χ3n) is 1.85. The Morgan fingerprint density at radius 1 is 1.62 bits per heavy atom. The molecule has 0 saturated heterocycles. The molecule has 16 heavy (non-hydrogen) atoms. The van der Waals surface area contributed by atoms with Gasteiger partial charge >= 0.3 is 5.97 Å². The van der Waals surface area contributed by atoms with Crippen LogP contribution in [0.25, 0.3) is 0 Å². The molecule has 1 unspecified atom stereocenters. The fourth-order valence-electron chi connectivity index (χ4n) is 0.966. The van der Waals surface area contributed by atoms with Gasteiger partial charge in [0, 0.05) is 6.54 Å². The van der Waals surface area contributed by atoms with Gasteiger partial charge in [-0.1, -0.05) is 0 Å². The number of rotatable bonds is 6. The van der Waals surface area contributed by atoms with E-state index in [1.54, 1.807) is 6.07 Å². The summed E-state index contributed by atoms with van der Waals surface area (Å²) in [6.45, 7) is 1.80. The number of carboxylic acids is 1. The first-order chi connectivity index (χ1) is 7.61. The number of nitrogens with one attached hydrogen (secondary N) is 1. The Morgan fingerprint density at radius 2 is 2.38 bits per heavy atom. The lowest BCUT2D eigenvalue weighted by molar-refractivity contribution is -0.148. The van der Waals surface area contributed by atoms with Crippen LogP contribution in [-0.4, -0.2) is 36.2 Å². The fraction of sp³-hybridized carbons (Fsp3) is 0.400. The second-order valence-corrected chi connectivity index (χ2v) is 3.08. The van der Waals surface area contributed by atoms with Crippen LogP contribution < -0.4 is 5.32 Å². The van der Waals surface area contributed by atoms with E-state index in [-0.39, 0.29) is 24.8 Å². The quantitative estimate of drug-likeness (QED) is 0.691. The maximum Gasteiger partial charge on any atom is 0.332 e. The molecule has 0 aliphatic rings. The third-order valence-corrected chi connectivity index (χ3v) is 1.85. The molecule has 0 bridgehead atoms. The first-order valence-corrected chi connectivity index (χ1v) is 4.77. The van der Waals surface area contributed by atoms with Crippen molar-refractivity contribution in [2.45, 2.75) is 13.0 Å². The van der Waals surface area contributed by atoms with Gasteiger partial charge in [0.2, 0.25) is 0 Å². The number of carboxylic acid groups (broad SMARTS) is 1. The summed E-state index contributed by atoms with van der Waals surface area (Å²) in [4.78, 5) is 21.7. The SMILES string of the molecule is CC(OCCNC(=O)c1ccco1)C(=O)O. The predicted octanol–water partition coefficient (Wildman–Crippen LogP) is 0.499. The van der Waals surface area contributed by atoms with E-state index in [4.69, 9.17) is 14.3 Å². The van der Waals surface area contributed by atoms with E-state index in [2.05, 4.69) is 5.32 Å². The summed E-state index contributed by atoms with van der Waals surface area (Å²) in [5.41, 5.74) is 0. The Balaban J connectivity index is 2.17. The summed E-state index contributed by atoms with van der Waals surface area (Å²) in [7, 11) is 0. The minimum absolute atomic E-state index is 0.139. The molecule has 0 saturated carbocycles. The Bertz CT molecular complexity index is 346. The Hall–Kier alpha value is -1.82. The lowest BCUT2D eigenvalue weighted by Crippen LogP contribution is -2.29. The normalized spacial score (nSPS) is 12.1. The molecule has 2 N–H and O–H groups in total. The van der Waals surface area contributed by atoms with Crippen molar-refractivity contribution in [2.75, 3.05) is 13.2 Å². The van der Waals surface area contributed by atoms with Crippen LogP contribution in [0.2, 0.25) is 0 Å². The Morgan fingerprint density at radius 3 is 2.94 bits per heavy atom. The van der Waals surface area contributed by atoms with Crippen molar-refractivity contribution in [3.05, 3.63) is 24.2 Å². The number of aliphatic carboxylic acids is 1. The molecule has 0 fully saturated rings. The van der Waals surface area contributed by atoms with Gasteiger partial charge in [-0.2, -0.15) is 0 Å². The lowest BCUT2D eigenvalue weighted by atomic mass is 10.4. The molecule has 0 aliphatic heterocycles. The molecular formula is C10H13NO5. The van der Waals surface area contributed by atoms with Crippen LogP contribution in [0.15, 0.2) is 22.8 Å². The highest BCUT2D eigenvalue weighted by Gasteiger charge is 2.11. The maximum atomic E-state index is 11.3. The van der Waals surface area contributed by atoms with Crippen molar-refractivity contribution in [2.24, 2.45) is 0 Å². The van der Waals surface area contributed by atoms with E-state index in [0.29, 0.717) is 0 Å². The largest absolute Gasteiger partial charge is 0.479 e. The molecular weight excluding hydrogens is 214 g/mol. The smallest absolute Gasteiger partial charge is 0.332 e. The number of hydrogen-bond acceptors (Lipinski definition) is 4. The Labute approximate surface area is 92.2 Å². The number of furan rings is 1. The van der Waals surface area contributed by atoms with Crippen molar-refractivity contribution < 1.29 is 23.8 Å². The van der Waals surface area contributed by atoms with Crippen LogP contribution in [0.3, 0.4) is 0 Å². The molecule has 0 radical (unpaired) electrons. The summed E-state index contributed by atoms with van der Waals surface area (Å²) in [5, 5.41) is 11.0. The lowest BCUT2D eigenvalue weighted by Gasteiger charge is -2.08. The van der Waals surface area contributed by atoms with Gasteiger partial charge in [0.05, 0.1) is 12.9 Å². The fourth-order valence-corrected chi connectivity index (χ4v) is 0.966. The van der Waals surface area contributed by atoms with Crippen LogP contribution in [0, 0.1) is 0 Å². The van der Waals surface area contributed by atoms with Crippen molar-refractivity contribution in [1.29, 1.82) is 0 Å². The number of carbonyl (C=O) groups is 2. The molecule has 88 valence electrons. The van der Waals surface area contributed by atoms with Gasteiger partial charge in [0.15, 0.2) is 11.9 Å². The van der Waals surface area contributed by atoms with Crippen molar-refractivity contribution in [3.63, 3.8) is 0 Å². The summed E-state index contributed by atoms with van der Waals surface area (Å²) < 4.78 is 9.79. The van der Waals surface area contributed by atoms with Gasteiger partial charge in [-0.05, 0) is 19.1 Å². The van der Waals surface area contributed by atoms with E-state index >= 15 is 0 Å². The highest BCUT2D eigenvalue weighted by molar-refractivity contribution is 5.91. The number of carbonyl (C=O) groups excluding carboxylic acids is 1. The minimum Gasteiger partial charge on any atom is -0.479 e. The molecule has 1 aromatic heterocycles. The summed E-state index contributed by atoms with van der Waals surface area (Å²) in [5.74, 6) is -1.17. The zero-order chi connectivity index (χ0) is 12.0. The zero-order valence-corrected chi connectivity index (χ0v) is 8.80. The third kappa shape index (κ3) is 3.74. The maximum absolute atomic E-state index is 11.3. The van der Waals surface area contributed by atoms with Crippen molar-refractivity contribution in [1.82, 2.24) is 5.32 Å². The average Bonchev–Trinajstić information content (AvgIpc) is 2.76. The second-order valence-electron chi connectivity index (χ2n) is 3.08. The van der Waals surface area contributed by atoms with E-state index in [0.717, 1.165) is 0 Å². The van der Waals surface area contributed by atoms with Crippen molar-refractivity contribution in [3.8, 4) is 0 Å². The first kappa shape index (κ1) is 12.3. The molecule has 0 aromatic carbocycles. The molecule has 1 heterocycles. The molecule has 1 aromatic rings. The summed E-state index contributed by atoms with van der Waals surface area (Å²) >= 11 is 0. The highest BCUT2D eigenvalue weighted by Crippen LogP contribution is 1.98.